The molecule has 7 nitrogen and oxygen atoms in total. The van der Waals surface area contributed by atoms with Crippen LogP contribution in [0.25, 0.3) is 0 Å². The Hall–Kier alpha value is -0.730. The summed E-state index contributed by atoms with van der Waals surface area (Å²) in [4.78, 5) is 0. The molecule has 0 radical (unpaired) electrons. The van der Waals surface area contributed by atoms with Crippen LogP contribution < -0.4 is 5.84 Å². The number of hydrogen-bond donors (Lipinski definition) is 6. The molecule has 13 heavy (non-hydrogen) atoms. The van der Waals surface area contributed by atoms with Crippen LogP contribution in [0.15, 0.2) is 5.10 Å². The van der Waals surface area contributed by atoms with E-state index in [-0.39, 0.29) is 0 Å². The van der Waals surface area contributed by atoms with Crippen LogP contribution in [0, 0.1) is 0 Å². The largest absolute Gasteiger partial charge is 0.394 e. The topological polar surface area (TPSA) is 140 Å². The molecule has 4 unspecified atom stereocenters. The number of hydrazone groups is 1. The molecular formula is C6H14N2O5. The highest BCUT2D eigenvalue weighted by molar-refractivity contribution is 5.63. The van der Waals surface area contributed by atoms with Crippen molar-refractivity contribution >= 4 is 6.21 Å². The monoisotopic (exact) mass is 194 g/mol. The van der Waals surface area contributed by atoms with E-state index in [2.05, 4.69) is 10.9 Å². The minimum Gasteiger partial charge on any atom is -0.394 e. The number of aliphatic hydroxyl groups excluding tert-OH is 5. The van der Waals surface area contributed by atoms with E-state index in [4.69, 9.17) is 25.5 Å². The van der Waals surface area contributed by atoms with E-state index in [0.717, 1.165) is 6.21 Å². The maximum atomic E-state index is 9.10. The highest BCUT2D eigenvalue weighted by Gasteiger charge is 2.28. The number of nitrogens with zero attached hydrogens (tertiary/aromatic N) is 1. The Morgan fingerprint density at radius 3 is 2.08 bits per heavy atom. The van der Waals surface area contributed by atoms with E-state index in [0.29, 0.717) is 0 Å². The van der Waals surface area contributed by atoms with Crippen molar-refractivity contribution in [1.82, 2.24) is 0 Å². The highest BCUT2D eigenvalue weighted by Crippen LogP contribution is 2.03. The van der Waals surface area contributed by atoms with Crippen molar-refractivity contribution < 1.29 is 25.5 Å². The second-order valence-electron chi connectivity index (χ2n) is 2.52. The van der Waals surface area contributed by atoms with Crippen LogP contribution >= 0.6 is 0 Å². The van der Waals surface area contributed by atoms with Gasteiger partial charge in [0.25, 0.3) is 0 Å². The minimum absolute atomic E-state index is 0.718. The van der Waals surface area contributed by atoms with Gasteiger partial charge in [0, 0.05) is 0 Å². The molecule has 0 spiro atoms. The quantitative estimate of drug-likeness (QED) is 0.152. The standard InChI is InChI=1S/C6H14N2O5/c7-8-1-3(10)5(12)6(13)4(11)2-9/h1,3-6,9-13H,2,7H2/b8-1+. The van der Waals surface area contributed by atoms with Gasteiger partial charge in [0.15, 0.2) is 0 Å². The minimum atomic E-state index is -1.65. The Morgan fingerprint density at radius 1 is 1.15 bits per heavy atom. The summed E-state index contributed by atoms with van der Waals surface area (Å²) in [6.45, 7) is -0.718. The summed E-state index contributed by atoms with van der Waals surface area (Å²) in [6, 6.07) is 0. The van der Waals surface area contributed by atoms with Crippen molar-refractivity contribution in [3.8, 4) is 0 Å². The zero-order chi connectivity index (χ0) is 10.4. The average molecular weight is 194 g/mol. The van der Waals surface area contributed by atoms with Crippen LogP contribution in [-0.2, 0) is 0 Å². The van der Waals surface area contributed by atoms with E-state index in [1.54, 1.807) is 0 Å². The maximum Gasteiger partial charge on any atom is 0.119 e. The third-order valence-corrected chi connectivity index (χ3v) is 1.52. The first-order valence-electron chi connectivity index (χ1n) is 3.61. The van der Waals surface area contributed by atoms with Gasteiger partial charge in [0.2, 0.25) is 0 Å². The lowest BCUT2D eigenvalue weighted by Crippen LogP contribution is -2.46. The van der Waals surface area contributed by atoms with Crippen LogP contribution in [0.4, 0.5) is 0 Å². The van der Waals surface area contributed by atoms with Gasteiger partial charge in [-0.1, -0.05) is 0 Å². The Bertz CT molecular complexity index is 165. The Labute approximate surface area is 74.7 Å². The van der Waals surface area contributed by atoms with Crippen LogP contribution in [0.3, 0.4) is 0 Å². The fraction of sp³-hybridized carbons (Fsp3) is 0.833. The van der Waals surface area contributed by atoms with Gasteiger partial charge in [-0.2, -0.15) is 5.10 Å². The Balaban J connectivity index is 4.15. The van der Waals surface area contributed by atoms with E-state index in [1.807, 2.05) is 0 Å². The first-order valence-corrected chi connectivity index (χ1v) is 3.61. The van der Waals surface area contributed by atoms with Crippen molar-refractivity contribution in [2.75, 3.05) is 6.61 Å². The highest BCUT2D eigenvalue weighted by atomic mass is 16.4. The third kappa shape index (κ3) is 3.66. The molecule has 7 heteroatoms. The molecular weight excluding hydrogens is 180 g/mol. The summed E-state index contributed by atoms with van der Waals surface area (Å²) in [7, 11) is 0. The van der Waals surface area contributed by atoms with Crippen molar-refractivity contribution in [3.63, 3.8) is 0 Å². The molecule has 0 aliphatic carbocycles. The van der Waals surface area contributed by atoms with E-state index < -0.39 is 31.0 Å². The first kappa shape index (κ1) is 12.3. The van der Waals surface area contributed by atoms with Gasteiger partial charge in [-0.3, -0.25) is 0 Å². The van der Waals surface area contributed by atoms with Crippen LogP contribution in [-0.4, -0.2) is 62.8 Å². The van der Waals surface area contributed by atoms with E-state index >= 15 is 0 Å². The molecule has 0 aliphatic heterocycles. The Morgan fingerprint density at radius 2 is 1.69 bits per heavy atom. The summed E-state index contributed by atoms with van der Waals surface area (Å²) < 4.78 is 0. The Kier molecular flexibility index (Phi) is 5.51. The second-order valence-corrected chi connectivity index (χ2v) is 2.52. The van der Waals surface area contributed by atoms with Gasteiger partial charge < -0.3 is 31.4 Å². The van der Waals surface area contributed by atoms with Gasteiger partial charge in [0.1, 0.15) is 24.4 Å². The zero-order valence-electron chi connectivity index (χ0n) is 6.85. The summed E-state index contributed by atoms with van der Waals surface area (Å²) in [6.07, 6.45) is -5.50. The molecule has 0 rings (SSSR count). The molecule has 78 valence electrons. The van der Waals surface area contributed by atoms with Crippen LogP contribution in [0.5, 0.6) is 0 Å². The van der Waals surface area contributed by atoms with Crippen molar-refractivity contribution in [2.24, 2.45) is 10.9 Å². The summed E-state index contributed by atoms with van der Waals surface area (Å²) in [5.74, 6) is 4.68. The summed E-state index contributed by atoms with van der Waals surface area (Å²) in [5.41, 5.74) is 0. The molecule has 0 saturated heterocycles. The predicted octanol–water partition coefficient (Wildman–Crippen LogP) is -3.63. The smallest absolute Gasteiger partial charge is 0.119 e. The fourth-order valence-electron chi connectivity index (χ4n) is 0.714. The lowest BCUT2D eigenvalue weighted by Gasteiger charge is -2.23. The molecule has 7 N–H and O–H groups in total. The number of aliphatic hydroxyl groups is 5. The van der Waals surface area contributed by atoms with E-state index in [9.17, 15) is 0 Å². The van der Waals surface area contributed by atoms with Gasteiger partial charge >= 0.3 is 0 Å². The molecule has 0 saturated carbocycles. The van der Waals surface area contributed by atoms with Gasteiger partial charge in [0.05, 0.1) is 12.8 Å². The molecule has 0 amide bonds. The normalized spacial score (nSPS) is 21.3. The van der Waals surface area contributed by atoms with Gasteiger partial charge in [-0.25, -0.2) is 0 Å². The van der Waals surface area contributed by atoms with Crippen LogP contribution in [0.1, 0.15) is 0 Å². The predicted molar refractivity (Wildman–Crippen MR) is 43.8 cm³/mol. The number of hydrogen-bond acceptors (Lipinski definition) is 7. The van der Waals surface area contributed by atoms with Crippen molar-refractivity contribution in [2.45, 2.75) is 24.4 Å². The van der Waals surface area contributed by atoms with Crippen molar-refractivity contribution in [3.05, 3.63) is 0 Å². The lowest BCUT2D eigenvalue weighted by atomic mass is 10.0. The summed E-state index contributed by atoms with van der Waals surface area (Å²) >= 11 is 0. The lowest BCUT2D eigenvalue weighted by molar-refractivity contribution is -0.0999. The van der Waals surface area contributed by atoms with Crippen molar-refractivity contribution in [1.29, 1.82) is 0 Å². The molecule has 0 aromatic rings. The molecule has 0 fully saturated rings. The molecule has 0 aliphatic rings. The van der Waals surface area contributed by atoms with Crippen LogP contribution in [0.2, 0.25) is 0 Å². The first-order chi connectivity index (χ1) is 6.04. The molecule has 0 bridgehead atoms. The van der Waals surface area contributed by atoms with Gasteiger partial charge in [-0.05, 0) is 0 Å². The molecule has 0 heterocycles. The SMILES string of the molecule is N/N=C/C(O)C(O)C(O)C(O)CO. The average Bonchev–Trinajstić information content (AvgIpc) is 2.14. The molecule has 0 aromatic heterocycles. The third-order valence-electron chi connectivity index (χ3n) is 1.52. The van der Waals surface area contributed by atoms with E-state index in [1.165, 1.54) is 0 Å². The number of nitrogens with two attached hydrogens (primary N) is 1. The maximum absolute atomic E-state index is 9.10. The molecule has 0 aromatic carbocycles. The second kappa shape index (κ2) is 5.84. The summed E-state index contributed by atoms with van der Waals surface area (Å²) in [5, 5.41) is 47.4. The number of rotatable bonds is 5. The zero-order valence-corrected chi connectivity index (χ0v) is 6.85. The fourth-order valence-corrected chi connectivity index (χ4v) is 0.714. The van der Waals surface area contributed by atoms with Gasteiger partial charge in [-0.15, -0.1) is 0 Å². The molecule has 4 atom stereocenters.